The Morgan fingerprint density at radius 3 is 3.00 bits per heavy atom. The number of carbonyl (C=O) groups excluding carboxylic acids is 1. The number of thiazole rings is 1. The van der Waals surface area contributed by atoms with Crippen molar-refractivity contribution >= 4 is 17.2 Å². The predicted molar refractivity (Wildman–Crippen MR) is 74.0 cm³/mol. The lowest BCUT2D eigenvalue weighted by Crippen LogP contribution is -2.41. The number of nitrogens with zero attached hydrogens (tertiary/aromatic N) is 3. The second kappa shape index (κ2) is 5.80. The molecule has 100 valence electrons. The summed E-state index contributed by atoms with van der Waals surface area (Å²) in [6.07, 6.45) is 2.35. The van der Waals surface area contributed by atoms with Gasteiger partial charge in [0, 0.05) is 37.6 Å². The number of aryl methyl sites for hydroxylation is 1. The first kappa shape index (κ1) is 13.5. The maximum atomic E-state index is 11.7. The van der Waals surface area contributed by atoms with E-state index in [1.165, 1.54) is 11.4 Å². The lowest BCUT2D eigenvalue weighted by atomic mass is 9.99. The molecular weight excluding hydrogens is 246 g/mol. The Morgan fingerprint density at radius 2 is 2.39 bits per heavy atom. The first-order valence-corrected chi connectivity index (χ1v) is 7.28. The molecule has 1 aromatic heterocycles. The highest BCUT2D eigenvalue weighted by atomic mass is 32.1. The molecular formula is C13H21N3OS. The van der Waals surface area contributed by atoms with E-state index in [0.29, 0.717) is 12.5 Å². The van der Waals surface area contributed by atoms with Crippen molar-refractivity contribution in [2.24, 2.45) is 0 Å². The quantitative estimate of drug-likeness (QED) is 0.836. The van der Waals surface area contributed by atoms with Gasteiger partial charge in [-0.2, -0.15) is 0 Å². The zero-order chi connectivity index (χ0) is 13.1. The molecule has 2 rings (SSSR count). The Kier molecular flexibility index (Phi) is 4.35. The minimum atomic E-state index is 0.186. The molecule has 1 aliphatic rings. The van der Waals surface area contributed by atoms with Crippen LogP contribution in [0.4, 0.5) is 0 Å². The van der Waals surface area contributed by atoms with E-state index in [0.717, 1.165) is 25.2 Å². The van der Waals surface area contributed by atoms with Crippen LogP contribution in [0.15, 0.2) is 5.38 Å². The van der Waals surface area contributed by atoms with Crippen LogP contribution in [-0.2, 0) is 4.79 Å². The molecule has 18 heavy (non-hydrogen) atoms. The first-order chi connectivity index (χ1) is 8.56. The Hall–Kier alpha value is -0.940. The van der Waals surface area contributed by atoms with E-state index in [1.54, 1.807) is 16.2 Å². The summed E-state index contributed by atoms with van der Waals surface area (Å²) in [5.74, 6) is 0.693. The summed E-state index contributed by atoms with van der Waals surface area (Å²) in [5, 5.41) is 3.34. The van der Waals surface area contributed by atoms with Gasteiger partial charge < -0.3 is 4.90 Å². The van der Waals surface area contributed by atoms with Crippen LogP contribution in [0, 0.1) is 6.92 Å². The third kappa shape index (κ3) is 3.29. The van der Waals surface area contributed by atoms with Crippen molar-refractivity contribution in [1.29, 1.82) is 0 Å². The standard InChI is InChI=1S/C13H21N3OS/c1-10-9-18-13(14-10)11-5-4-6-16(7-11)8-12(17)15(2)3/h9,11H,4-8H2,1-3H3. The average molecular weight is 267 g/mol. The van der Waals surface area contributed by atoms with Crippen LogP contribution in [0.2, 0.25) is 0 Å². The predicted octanol–water partition coefficient (Wildman–Crippen LogP) is 1.72. The average Bonchev–Trinajstić information content (AvgIpc) is 2.76. The number of likely N-dealkylation sites (tertiary alicyclic amines) is 1. The maximum absolute atomic E-state index is 11.7. The molecule has 1 aromatic rings. The zero-order valence-electron chi connectivity index (χ0n) is 11.3. The molecule has 0 bridgehead atoms. The molecule has 2 heterocycles. The molecule has 1 aliphatic heterocycles. The fraction of sp³-hybridized carbons (Fsp3) is 0.692. The summed E-state index contributed by atoms with van der Waals surface area (Å²) in [5.41, 5.74) is 1.11. The molecule has 4 nitrogen and oxygen atoms in total. The fourth-order valence-corrected chi connectivity index (χ4v) is 3.22. The van der Waals surface area contributed by atoms with Gasteiger partial charge in [0.25, 0.3) is 0 Å². The van der Waals surface area contributed by atoms with Gasteiger partial charge >= 0.3 is 0 Å². The number of piperidine rings is 1. The summed E-state index contributed by atoms with van der Waals surface area (Å²) in [6, 6.07) is 0. The molecule has 0 aromatic carbocycles. The topological polar surface area (TPSA) is 36.4 Å². The molecule has 1 unspecified atom stereocenters. The van der Waals surface area contributed by atoms with Gasteiger partial charge in [0.2, 0.25) is 5.91 Å². The van der Waals surface area contributed by atoms with Gasteiger partial charge in [-0.3, -0.25) is 9.69 Å². The van der Waals surface area contributed by atoms with Crippen LogP contribution in [0.1, 0.15) is 29.5 Å². The second-order valence-electron chi connectivity index (χ2n) is 5.19. The number of carbonyl (C=O) groups is 1. The third-order valence-corrected chi connectivity index (χ3v) is 4.47. The molecule has 5 heteroatoms. The SMILES string of the molecule is Cc1csc(C2CCCN(CC(=O)N(C)C)C2)n1. The van der Waals surface area contributed by atoms with Crippen molar-refractivity contribution in [2.75, 3.05) is 33.7 Å². The number of aromatic nitrogens is 1. The fourth-order valence-electron chi connectivity index (χ4n) is 2.29. The van der Waals surface area contributed by atoms with Gasteiger partial charge in [0.15, 0.2) is 0 Å². The van der Waals surface area contributed by atoms with E-state index < -0.39 is 0 Å². The number of hydrogen-bond acceptors (Lipinski definition) is 4. The van der Waals surface area contributed by atoms with Gasteiger partial charge in [-0.25, -0.2) is 4.98 Å². The van der Waals surface area contributed by atoms with E-state index in [4.69, 9.17) is 0 Å². The van der Waals surface area contributed by atoms with Gasteiger partial charge in [-0.05, 0) is 26.3 Å². The van der Waals surface area contributed by atoms with Crippen LogP contribution in [0.5, 0.6) is 0 Å². The Bertz CT molecular complexity index is 416. The van der Waals surface area contributed by atoms with E-state index in [-0.39, 0.29) is 5.91 Å². The van der Waals surface area contributed by atoms with E-state index >= 15 is 0 Å². The molecule has 1 fully saturated rings. The third-order valence-electron chi connectivity index (χ3n) is 3.35. The number of hydrogen-bond donors (Lipinski definition) is 0. The maximum Gasteiger partial charge on any atom is 0.236 e. The summed E-state index contributed by atoms with van der Waals surface area (Å²) in [6.45, 7) is 4.57. The highest BCUT2D eigenvalue weighted by molar-refractivity contribution is 7.09. The Morgan fingerprint density at radius 1 is 1.61 bits per heavy atom. The molecule has 0 aliphatic carbocycles. The molecule has 0 N–H and O–H groups in total. The van der Waals surface area contributed by atoms with Crippen molar-refractivity contribution < 1.29 is 4.79 Å². The zero-order valence-corrected chi connectivity index (χ0v) is 12.2. The van der Waals surface area contributed by atoms with Gasteiger partial charge in [-0.1, -0.05) is 0 Å². The lowest BCUT2D eigenvalue weighted by Gasteiger charge is -2.31. The minimum absolute atomic E-state index is 0.186. The highest BCUT2D eigenvalue weighted by Crippen LogP contribution is 2.28. The van der Waals surface area contributed by atoms with Crippen LogP contribution in [0.3, 0.4) is 0 Å². The van der Waals surface area contributed by atoms with Crippen LogP contribution in [0.25, 0.3) is 0 Å². The molecule has 1 atom stereocenters. The number of likely N-dealkylation sites (N-methyl/N-ethyl adjacent to an activating group) is 1. The highest BCUT2D eigenvalue weighted by Gasteiger charge is 2.24. The monoisotopic (exact) mass is 267 g/mol. The second-order valence-corrected chi connectivity index (χ2v) is 6.08. The van der Waals surface area contributed by atoms with Crippen LogP contribution < -0.4 is 0 Å². The summed E-state index contributed by atoms with van der Waals surface area (Å²) < 4.78 is 0. The van der Waals surface area contributed by atoms with Gasteiger partial charge in [-0.15, -0.1) is 11.3 Å². The smallest absolute Gasteiger partial charge is 0.236 e. The summed E-state index contributed by atoms with van der Waals surface area (Å²) >= 11 is 1.75. The van der Waals surface area contributed by atoms with Crippen molar-refractivity contribution in [3.8, 4) is 0 Å². The molecule has 1 amide bonds. The largest absolute Gasteiger partial charge is 0.348 e. The number of amides is 1. The van der Waals surface area contributed by atoms with Crippen molar-refractivity contribution in [2.45, 2.75) is 25.7 Å². The Balaban J connectivity index is 1.94. The first-order valence-electron chi connectivity index (χ1n) is 6.41. The van der Waals surface area contributed by atoms with Crippen LogP contribution in [-0.4, -0.2) is 54.4 Å². The molecule has 0 spiro atoms. The molecule has 0 radical (unpaired) electrons. The van der Waals surface area contributed by atoms with Crippen LogP contribution >= 0.6 is 11.3 Å². The van der Waals surface area contributed by atoms with Gasteiger partial charge in [0.1, 0.15) is 0 Å². The van der Waals surface area contributed by atoms with E-state index in [9.17, 15) is 4.79 Å². The van der Waals surface area contributed by atoms with Crippen molar-refractivity contribution in [1.82, 2.24) is 14.8 Å². The van der Waals surface area contributed by atoms with Gasteiger partial charge in [0.05, 0.1) is 11.6 Å². The molecule has 1 saturated heterocycles. The van der Waals surface area contributed by atoms with E-state index in [1.807, 2.05) is 21.0 Å². The number of rotatable bonds is 3. The summed E-state index contributed by atoms with van der Waals surface area (Å²) in [4.78, 5) is 20.2. The Labute approximate surface area is 113 Å². The van der Waals surface area contributed by atoms with Crippen molar-refractivity contribution in [3.05, 3.63) is 16.1 Å². The lowest BCUT2D eigenvalue weighted by molar-refractivity contribution is -0.130. The van der Waals surface area contributed by atoms with E-state index in [2.05, 4.69) is 15.3 Å². The minimum Gasteiger partial charge on any atom is -0.348 e. The van der Waals surface area contributed by atoms with Crippen molar-refractivity contribution in [3.63, 3.8) is 0 Å². The normalized spacial score (nSPS) is 20.9. The molecule has 0 saturated carbocycles. The summed E-state index contributed by atoms with van der Waals surface area (Å²) in [7, 11) is 3.63.